The molecule has 3 nitrogen and oxygen atoms in total. The van der Waals surface area contributed by atoms with Gasteiger partial charge in [0.25, 0.3) is 5.91 Å². The van der Waals surface area contributed by atoms with Gasteiger partial charge in [0.2, 0.25) is 0 Å². The Labute approximate surface area is 107 Å². The van der Waals surface area contributed by atoms with Crippen molar-refractivity contribution in [2.75, 3.05) is 13.7 Å². The van der Waals surface area contributed by atoms with Crippen LogP contribution in [0.15, 0.2) is 12.1 Å². The quantitative estimate of drug-likeness (QED) is 0.702. The fraction of sp³-hybridized carbons (Fsp3) is 0.533. The average Bonchev–Trinajstić information content (AvgIpc) is 2.82. The Bertz CT molecular complexity index is 538. The molecule has 1 aromatic rings. The summed E-state index contributed by atoms with van der Waals surface area (Å²) in [5.41, 5.74) is 5.80. The Balaban J connectivity index is 1.80. The summed E-state index contributed by atoms with van der Waals surface area (Å²) in [4.78, 5) is 13.8. The van der Waals surface area contributed by atoms with Crippen LogP contribution in [0, 0.1) is 0 Å². The molecule has 0 bridgehead atoms. The Kier molecular flexibility index (Phi) is 2.10. The molecule has 1 aliphatic carbocycles. The van der Waals surface area contributed by atoms with Crippen LogP contribution in [0.1, 0.15) is 34.7 Å². The third kappa shape index (κ3) is 1.20. The summed E-state index contributed by atoms with van der Waals surface area (Å²) in [5.74, 6) is 0.161. The zero-order chi connectivity index (χ0) is 12.3. The molecule has 2 atom stereocenters. The minimum atomic E-state index is -0.247. The van der Waals surface area contributed by atoms with E-state index in [-0.39, 0.29) is 18.1 Å². The van der Waals surface area contributed by atoms with Crippen LogP contribution in [0.5, 0.6) is 0 Å². The molecular formula is C15H17NO2. The Hall–Kier alpha value is -1.35. The maximum atomic E-state index is 11.9. The van der Waals surface area contributed by atoms with E-state index < -0.39 is 0 Å². The van der Waals surface area contributed by atoms with E-state index >= 15 is 0 Å². The summed E-state index contributed by atoms with van der Waals surface area (Å²) in [6.07, 6.45) is 4.45. The first-order valence-corrected chi connectivity index (χ1v) is 6.77. The lowest BCUT2D eigenvalue weighted by Gasteiger charge is -2.49. The van der Waals surface area contributed by atoms with Gasteiger partial charge in [-0.05, 0) is 47.9 Å². The van der Waals surface area contributed by atoms with E-state index in [1.165, 1.54) is 41.5 Å². The second kappa shape index (κ2) is 3.58. The molecule has 0 spiro atoms. The van der Waals surface area contributed by atoms with Crippen molar-refractivity contribution in [3.05, 3.63) is 34.4 Å². The average molecular weight is 243 g/mol. The van der Waals surface area contributed by atoms with Crippen LogP contribution in [0.3, 0.4) is 0 Å². The summed E-state index contributed by atoms with van der Waals surface area (Å²) in [7, 11) is 1.64. The first-order chi connectivity index (χ1) is 8.79. The number of rotatable bonds is 1. The molecular weight excluding hydrogens is 226 g/mol. The minimum absolute atomic E-state index is 0.161. The second-order valence-electron chi connectivity index (χ2n) is 5.56. The highest BCUT2D eigenvalue weighted by Crippen LogP contribution is 2.43. The predicted molar refractivity (Wildman–Crippen MR) is 67.4 cm³/mol. The van der Waals surface area contributed by atoms with Gasteiger partial charge in [0, 0.05) is 13.7 Å². The number of β-lactam (4-membered cyclic amide) rings is 1. The van der Waals surface area contributed by atoms with Crippen LogP contribution >= 0.6 is 0 Å². The zero-order valence-corrected chi connectivity index (χ0v) is 10.6. The summed E-state index contributed by atoms with van der Waals surface area (Å²) in [5, 5.41) is 0. The number of fused-ring (bicyclic) bond motifs is 4. The highest BCUT2D eigenvalue weighted by atomic mass is 16.5. The van der Waals surface area contributed by atoms with E-state index in [1.807, 2.05) is 4.90 Å². The molecule has 1 fully saturated rings. The van der Waals surface area contributed by atoms with Crippen LogP contribution in [0.25, 0.3) is 0 Å². The van der Waals surface area contributed by atoms with Gasteiger partial charge in [0.1, 0.15) is 0 Å². The Morgan fingerprint density at radius 1 is 1.17 bits per heavy atom. The van der Waals surface area contributed by atoms with Gasteiger partial charge in [-0.1, -0.05) is 12.1 Å². The van der Waals surface area contributed by atoms with Crippen molar-refractivity contribution in [2.24, 2.45) is 0 Å². The first-order valence-electron chi connectivity index (χ1n) is 6.77. The van der Waals surface area contributed by atoms with E-state index in [2.05, 4.69) is 12.1 Å². The molecule has 2 heterocycles. The number of hydrogen-bond acceptors (Lipinski definition) is 2. The van der Waals surface area contributed by atoms with Crippen molar-refractivity contribution in [1.82, 2.24) is 4.90 Å². The van der Waals surface area contributed by atoms with Crippen molar-refractivity contribution in [2.45, 2.75) is 37.8 Å². The number of aryl methyl sites for hydroxylation is 2. The molecule has 3 aliphatic rings. The lowest BCUT2D eigenvalue weighted by molar-refractivity contribution is -0.172. The number of hydrogen-bond donors (Lipinski definition) is 0. The molecule has 1 saturated heterocycles. The Morgan fingerprint density at radius 2 is 1.94 bits per heavy atom. The fourth-order valence-electron chi connectivity index (χ4n) is 3.75. The van der Waals surface area contributed by atoms with E-state index in [4.69, 9.17) is 4.74 Å². The number of amides is 1. The van der Waals surface area contributed by atoms with Gasteiger partial charge in [0.05, 0.1) is 6.04 Å². The highest BCUT2D eigenvalue weighted by molar-refractivity contribution is 5.89. The molecule has 94 valence electrons. The topological polar surface area (TPSA) is 29.5 Å². The number of carbonyl (C=O) groups is 1. The van der Waals surface area contributed by atoms with Crippen molar-refractivity contribution in [1.29, 1.82) is 0 Å². The van der Waals surface area contributed by atoms with E-state index in [9.17, 15) is 4.79 Å². The van der Waals surface area contributed by atoms with E-state index in [0.717, 1.165) is 13.0 Å². The summed E-state index contributed by atoms with van der Waals surface area (Å²) >= 11 is 0. The van der Waals surface area contributed by atoms with Gasteiger partial charge >= 0.3 is 0 Å². The number of benzene rings is 1. The molecule has 0 unspecified atom stereocenters. The highest BCUT2D eigenvalue weighted by Gasteiger charge is 2.50. The van der Waals surface area contributed by atoms with E-state index in [1.54, 1.807) is 7.11 Å². The van der Waals surface area contributed by atoms with Crippen LogP contribution in [-0.2, 0) is 28.8 Å². The van der Waals surface area contributed by atoms with E-state index in [0.29, 0.717) is 0 Å². The summed E-state index contributed by atoms with van der Waals surface area (Å²) in [6, 6.07) is 4.90. The van der Waals surface area contributed by atoms with Crippen LogP contribution in [0.2, 0.25) is 0 Å². The molecule has 2 aliphatic heterocycles. The van der Waals surface area contributed by atoms with Crippen molar-refractivity contribution < 1.29 is 9.53 Å². The zero-order valence-electron chi connectivity index (χ0n) is 10.6. The van der Waals surface area contributed by atoms with Gasteiger partial charge < -0.3 is 9.64 Å². The Morgan fingerprint density at radius 3 is 2.72 bits per heavy atom. The molecule has 0 saturated carbocycles. The first kappa shape index (κ1) is 10.6. The molecule has 18 heavy (non-hydrogen) atoms. The van der Waals surface area contributed by atoms with Gasteiger partial charge in [-0.25, -0.2) is 0 Å². The molecule has 0 radical (unpaired) electrons. The smallest absolute Gasteiger partial charge is 0.254 e. The lowest BCUT2D eigenvalue weighted by atomic mass is 9.81. The minimum Gasteiger partial charge on any atom is -0.369 e. The SMILES string of the molecule is CO[C@H]1C(=O)N2CCc3cc4c(cc3[C@@H]12)CCC4. The lowest BCUT2D eigenvalue weighted by Crippen LogP contribution is -2.61. The van der Waals surface area contributed by atoms with Crippen molar-refractivity contribution in [3.8, 4) is 0 Å². The molecule has 1 aromatic carbocycles. The summed E-state index contributed by atoms with van der Waals surface area (Å²) in [6.45, 7) is 0.856. The largest absolute Gasteiger partial charge is 0.369 e. The summed E-state index contributed by atoms with van der Waals surface area (Å²) < 4.78 is 5.35. The molecule has 1 amide bonds. The number of methoxy groups -OCH3 is 1. The maximum Gasteiger partial charge on any atom is 0.254 e. The number of carbonyl (C=O) groups excluding carboxylic acids is 1. The standard InChI is InChI=1S/C15H17NO2/c1-18-14-13-12-8-10-4-2-3-9(10)7-11(12)5-6-16(13)15(14)17/h7-8,13-14H,2-6H2,1H3/t13-,14+/m0/s1. The number of nitrogens with zero attached hydrogens (tertiary/aromatic N) is 1. The van der Waals surface area contributed by atoms with Crippen molar-refractivity contribution in [3.63, 3.8) is 0 Å². The third-order valence-corrected chi connectivity index (χ3v) is 4.70. The monoisotopic (exact) mass is 243 g/mol. The van der Waals surface area contributed by atoms with Crippen LogP contribution in [0.4, 0.5) is 0 Å². The maximum absolute atomic E-state index is 11.9. The van der Waals surface area contributed by atoms with Gasteiger partial charge in [-0.2, -0.15) is 0 Å². The molecule has 4 rings (SSSR count). The van der Waals surface area contributed by atoms with Gasteiger partial charge in [-0.15, -0.1) is 0 Å². The predicted octanol–water partition coefficient (Wildman–Crippen LogP) is 1.63. The van der Waals surface area contributed by atoms with Gasteiger partial charge in [0.15, 0.2) is 6.10 Å². The van der Waals surface area contributed by atoms with Crippen molar-refractivity contribution >= 4 is 5.91 Å². The molecule has 0 N–H and O–H groups in total. The second-order valence-corrected chi connectivity index (χ2v) is 5.56. The molecule has 0 aromatic heterocycles. The van der Waals surface area contributed by atoms with Crippen LogP contribution in [-0.4, -0.2) is 30.6 Å². The van der Waals surface area contributed by atoms with Crippen LogP contribution < -0.4 is 0 Å². The number of ether oxygens (including phenoxy) is 1. The third-order valence-electron chi connectivity index (χ3n) is 4.70. The fourth-order valence-corrected chi connectivity index (χ4v) is 3.75. The van der Waals surface area contributed by atoms with Gasteiger partial charge in [-0.3, -0.25) is 4.79 Å². The molecule has 3 heteroatoms. The normalized spacial score (nSPS) is 28.5.